The number of nitrogens with zero attached hydrogens (tertiary/aromatic N) is 1. The maximum absolute atomic E-state index is 12.6. The zero-order valence-corrected chi connectivity index (χ0v) is 12.3. The van der Waals surface area contributed by atoms with E-state index in [4.69, 9.17) is 18.9 Å². The summed E-state index contributed by atoms with van der Waals surface area (Å²) in [6.07, 6.45) is 0.0572. The van der Waals surface area contributed by atoms with E-state index in [2.05, 4.69) is 0 Å². The van der Waals surface area contributed by atoms with Crippen LogP contribution in [-0.2, 0) is 4.74 Å². The summed E-state index contributed by atoms with van der Waals surface area (Å²) in [5.41, 5.74) is 0.546. The average Bonchev–Trinajstić information content (AvgIpc) is 2.53. The second-order valence-electron chi connectivity index (χ2n) is 5.14. The van der Waals surface area contributed by atoms with Gasteiger partial charge >= 0.3 is 0 Å². The normalized spacial score (nSPS) is 21.0. The zero-order chi connectivity index (χ0) is 14.8. The number of benzene rings is 1. The lowest BCUT2D eigenvalue weighted by atomic mass is 10.1. The monoisotopic (exact) mass is 293 g/mol. The van der Waals surface area contributed by atoms with Crippen LogP contribution >= 0.6 is 0 Å². The lowest BCUT2D eigenvalue weighted by Crippen LogP contribution is -2.44. The van der Waals surface area contributed by atoms with Crippen molar-refractivity contribution in [3.8, 4) is 17.2 Å². The number of amides is 1. The molecule has 1 fully saturated rings. The Hall–Kier alpha value is -1.95. The van der Waals surface area contributed by atoms with Gasteiger partial charge in [0.2, 0.25) is 5.75 Å². The fourth-order valence-electron chi connectivity index (χ4n) is 2.58. The molecule has 1 saturated heterocycles. The highest BCUT2D eigenvalue weighted by Gasteiger charge is 2.26. The van der Waals surface area contributed by atoms with Crippen molar-refractivity contribution in [3.05, 3.63) is 17.7 Å². The number of ether oxygens (including phenoxy) is 4. The molecule has 0 bridgehead atoms. The molecule has 2 aliphatic heterocycles. The van der Waals surface area contributed by atoms with Gasteiger partial charge in [-0.05, 0) is 19.1 Å². The molecule has 0 aliphatic carbocycles. The second-order valence-corrected chi connectivity index (χ2v) is 5.14. The van der Waals surface area contributed by atoms with Gasteiger partial charge in [-0.25, -0.2) is 0 Å². The van der Waals surface area contributed by atoms with Gasteiger partial charge in [0.05, 0.1) is 19.8 Å². The highest BCUT2D eigenvalue weighted by Crippen LogP contribution is 2.40. The summed E-state index contributed by atoms with van der Waals surface area (Å²) in [5, 5.41) is 0. The van der Waals surface area contributed by atoms with Crippen LogP contribution in [0.3, 0.4) is 0 Å². The van der Waals surface area contributed by atoms with Gasteiger partial charge in [0.25, 0.3) is 5.91 Å². The molecule has 2 heterocycles. The van der Waals surface area contributed by atoms with Crippen molar-refractivity contribution in [2.24, 2.45) is 0 Å². The number of carbonyl (C=O) groups excluding carboxylic acids is 1. The maximum Gasteiger partial charge on any atom is 0.254 e. The smallest absolute Gasteiger partial charge is 0.254 e. The van der Waals surface area contributed by atoms with Crippen LogP contribution in [-0.4, -0.2) is 56.9 Å². The van der Waals surface area contributed by atoms with Crippen LogP contribution in [0, 0.1) is 0 Å². The summed E-state index contributed by atoms with van der Waals surface area (Å²) >= 11 is 0. The number of hydrogen-bond acceptors (Lipinski definition) is 5. The first-order chi connectivity index (χ1) is 10.2. The summed E-state index contributed by atoms with van der Waals surface area (Å²) < 4.78 is 21.9. The SMILES string of the molecule is COc1cc(C(=O)N2CCO[C@@H](C)C2)cc2c1OCCO2. The molecule has 1 amide bonds. The highest BCUT2D eigenvalue weighted by atomic mass is 16.6. The Morgan fingerprint density at radius 3 is 2.86 bits per heavy atom. The number of morpholine rings is 1. The lowest BCUT2D eigenvalue weighted by molar-refractivity contribution is -0.0124. The Morgan fingerprint density at radius 2 is 2.10 bits per heavy atom. The van der Waals surface area contributed by atoms with Crippen molar-refractivity contribution < 1.29 is 23.7 Å². The summed E-state index contributed by atoms with van der Waals surface area (Å²) in [6.45, 7) is 4.67. The summed E-state index contributed by atoms with van der Waals surface area (Å²) in [7, 11) is 1.55. The molecule has 21 heavy (non-hydrogen) atoms. The van der Waals surface area contributed by atoms with Gasteiger partial charge in [-0.2, -0.15) is 0 Å². The van der Waals surface area contributed by atoms with E-state index in [1.165, 1.54) is 0 Å². The van der Waals surface area contributed by atoms with Crippen molar-refractivity contribution in [2.75, 3.05) is 40.0 Å². The van der Waals surface area contributed by atoms with E-state index in [1.54, 1.807) is 24.1 Å². The van der Waals surface area contributed by atoms with Crippen molar-refractivity contribution in [2.45, 2.75) is 13.0 Å². The summed E-state index contributed by atoms with van der Waals surface area (Å²) in [5.74, 6) is 1.61. The molecule has 0 saturated carbocycles. The number of hydrogen-bond donors (Lipinski definition) is 0. The Kier molecular flexibility index (Phi) is 3.88. The van der Waals surface area contributed by atoms with E-state index in [-0.39, 0.29) is 12.0 Å². The minimum Gasteiger partial charge on any atom is -0.493 e. The molecule has 0 unspecified atom stereocenters. The second kappa shape index (κ2) is 5.81. The van der Waals surface area contributed by atoms with Gasteiger partial charge in [0.15, 0.2) is 11.5 Å². The van der Waals surface area contributed by atoms with E-state index >= 15 is 0 Å². The first-order valence-electron chi connectivity index (χ1n) is 7.07. The van der Waals surface area contributed by atoms with Crippen LogP contribution in [0.15, 0.2) is 12.1 Å². The van der Waals surface area contributed by atoms with E-state index in [1.807, 2.05) is 6.92 Å². The minimum atomic E-state index is -0.0413. The Morgan fingerprint density at radius 1 is 1.29 bits per heavy atom. The molecule has 6 heteroatoms. The lowest BCUT2D eigenvalue weighted by Gasteiger charge is -2.31. The van der Waals surface area contributed by atoms with E-state index < -0.39 is 0 Å². The fraction of sp³-hybridized carbons (Fsp3) is 0.533. The van der Waals surface area contributed by atoms with Crippen molar-refractivity contribution in [3.63, 3.8) is 0 Å². The molecule has 1 aromatic carbocycles. The number of fused-ring (bicyclic) bond motifs is 1. The van der Waals surface area contributed by atoms with Gasteiger partial charge in [-0.15, -0.1) is 0 Å². The number of rotatable bonds is 2. The first-order valence-corrected chi connectivity index (χ1v) is 7.07. The topological polar surface area (TPSA) is 57.2 Å². The molecule has 0 aromatic heterocycles. The number of carbonyl (C=O) groups is 1. The number of methoxy groups -OCH3 is 1. The van der Waals surface area contributed by atoms with Gasteiger partial charge < -0.3 is 23.8 Å². The largest absolute Gasteiger partial charge is 0.493 e. The molecule has 0 spiro atoms. The standard InChI is InChI=1S/C15H19NO5/c1-10-9-16(3-4-19-10)15(17)11-7-12(18-2)14-13(8-11)20-5-6-21-14/h7-8,10H,3-6,9H2,1-2H3/t10-/m0/s1. The van der Waals surface area contributed by atoms with Gasteiger partial charge in [0.1, 0.15) is 13.2 Å². The van der Waals surface area contributed by atoms with Crippen molar-refractivity contribution >= 4 is 5.91 Å². The Balaban J connectivity index is 1.89. The van der Waals surface area contributed by atoms with Crippen LogP contribution in [0.1, 0.15) is 17.3 Å². The average molecular weight is 293 g/mol. The molecule has 2 aliphatic rings. The molecule has 114 valence electrons. The third-order valence-electron chi connectivity index (χ3n) is 3.60. The molecule has 0 radical (unpaired) electrons. The van der Waals surface area contributed by atoms with Crippen LogP contribution in [0.5, 0.6) is 17.2 Å². The molecule has 3 rings (SSSR count). The van der Waals surface area contributed by atoms with E-state index in [0.29, 0.717) is 55.7 Å². The third-order valence-corrected chi connectivity index (χ3v) is 3.60. The molecular formula is C15H19NO5. The Labute approximate surface area is 123 Å². The molecule has 1 atom stereocenters. The fourth-order valence-corrected chi connectivity index (χ4v) is 2.58. The van der Waals surface area contributed by atoms with Crippen LogP contribution in [0.2, 0.25) is 0 Å². The zero-order valence-electron chi connectivity index (χ0n) is 12.3. The predicted molar refractivity (Wildman–Crippen MR) is 75.3 cm³/mol. The minimum absolute atomic E-state index is 0.0413. The Bertz CT molecular complexity index is 528. The van der Waals surface area contributed by atoms with Crippen molar-refractivity contribution in [1.29, 1.82) is 0 Å². The molecule has 6 nitrogen and oxygen atoms in total. The van der Waals surface area contributed by atoms with Gasteiger partial charge in [0, 0.05) is 18.7 Å². The van der Waals surface area contributed by atoms with Crippen LogP contribution < -0.4 is 14.2 Å². The first kappa shape index (κ1) is 14.0. The van der Waals surface area contributed by atoms with Crippen LogP contribution in [0.4, 0.5) is 0 Å². The van der Waals surface area contributed by atoms with Gasteiger partial charge in [-0.1, -0.05) is 0 Å². The third kappa shape index (κ3) is 2.76. The summed E-state index contributed by atoms with van der Waals surface area (Å²) in [4.78, 5) is 14.4. The van der Waals surface area contributed by atoms with E-state index in [0.717, 1.165) is 0 Å². The highest BCUT2D eigenvalue weighted by molar-refractivity contribution is 5.95. The van der Waals surface area contributed by atoms with Gasteiger partial charge in [-0.3, -0.25) is 4.79 Å². The summed E-state index contributed by atoms with van der Waals surface area (Å²) in [6, 6.07) is 3.43. The van der Waals surface area contributed by atoms with E-state index in [9.17, 15) is 4.79 Å². The molecule has 1 aromatic rings. The maximum atomic E-state index is 12.6. The van der Waals surface area contributed by atoms with Crippen molar-refractivity contribution in [1.82, 2.24) is 4.90 Å². The predicted octanol–water partition coefficient (Wildman–Crippen LogP) is 1.33. The molecule has 0 N–H and O–H groups in total. The molecular weight excluding hydrogens is 274 g/mol. The quantitative estimate of drug-likeness (QED) is 0.823. The van der Waals surface area contributed by atoms with Crippen LogP contribution in [0.25, 0.3) is 0 Å².